The highest BCUT2D eigenvalue weighted by atomic mass is 32.1. The molecule has 2 rings (SSSR count). The van der Waals surface area contributed by atoms with Gasteiger partial charge in [-0.05, 0) is 26.7 Å². The summed E-state index contributed by atoms with van der Waals surface area (Å²) in [5.41, 5.74) is 0.597. The van der Waals surface area contributed by atoms with Gasteiger partial charge in [0.05, 0.1) is 24.9 Å². The Morgan fingerprint density at radius 3 is 2.82 bits per heavy atom. The van der Waals surface area contributed by atoms with Crippen LogP contribution in [0.25, 0.3) is 0 Å². The number of carbonyl (C=O) groups is 2. The molecule has 0 bridgehead atoms. The van der Waals surface area contributed by atoms with Crippen LogP contribution in [0.1, 0.15) is 48.5 Å². The molecule has 6 nitrogen and oxygen atoms in total. The van der Waals surface area contributed by atoms with E-state index in [1.54, 1.807) is 18.7 Å². The van der Waals surface area contributed by atoms with Crippen LogP contribution >= 0.6 is 11.3 Å². The van der Waals surface area contributed by atoms with Crippen molar-refractivity contribution in [2.45, 2.75) is 46.1 Å². The first-order valence-electron chi connectivity index (χ1n) is 7.63. The first kappa shape index (κ1) is 16.9. The Hall–Kier alpha value is -1.47. The fourth-order valence-electron chi connectivity index (χ4n) is 2.35. The van der Waals surface area contributed by atoms with E-state index in [-0.39, 0.29) is 18.0 Å². The number of esters is 1. The van der Waals surface area contributed by atoms with Crippen molar-refractivity contribution in [1.82, 2.24) is 4.98 Å². The lowest BCUT2D eigenvalue weighted by molar-refractivity contribution is -0.118. The van der Waals surface area contributed by atoms with Gasteiger partial charge in [-0.3, -0.25) is 9.69 Å². The number of thiazole rings is 1. The summed E-state index contributed by atoms with van der Waals surface area (Å²) < 4.78 is 10.6. The topological polar surface area (TPSA) is 68.7 Å². The van der Waals surface area contributed by atoms with Crippen LogP contribution < -0.4 is 4.90 Å². The van der Waals surface area contributed by atoms with Crippen molar-refractivity contribution >= 4 is 28.3 Å². The minimum atomic E-state index is -0.384. The maximum atomic E-state index is 12.2. The molecule has 0 spiro atoms. The zero-order valence-corrected chi connectivity index (χ0v) is 14.1. The summed E-state index contributed by atoms with van der Waals surface area (Å²) in [5, 5.41) is 0.544. The molecule has 122 valence electrons. The van der Waals surface area contributed by atoms with Crippen molar-refractivity contribution in [3.8, 4) is 0 Å². The minimum Gasteiger partial charge on any atom is -0.462 e. The molecule has 0 aromatic carbocycles. The van der Waals surface area contributed by atoms with Crippen molar-refractivity contribution in [1.29, 1.82) is 0 Å². The SMILES string of the molecule is CCOC(=O)c1sc(N(C[C@H]2CCCO2)C(=O)CC)nc1C. The Labute approximate surface area is 134 Å². The van der Waals surface area contributed by atoms with Gasteiger partial charge >= 0.3 is 5.97 Å². The molecule has 1 aliphatic heterocycles. The predicted octanol–water partition coefficient (Wildman–Crippen LogP) is 2.55. The molecule has 0 N–H and O–H groups in total. The monoisotopic (exact) mass is 326 g/mol. The number of rotatable bonds is 6. The third-order valence-corrected chi connectivity index (χ3v) is 4.65. The lowest BCUT2D eigenvalue weighted by Crippen LogP contribution is -2.37. The molecule has 1 aromatic rings. The lowest BCUT2D eigenvalue weighted by atomic mass is 10.2. The molecule has 1 amide bonds. The number of ether oxygens (including phenoxy) is 2. The summed E-state index contributed by atoms with van der Waals surface area (Å²) in [7, 11) is 0. The molecule has 1 fully saturated rings. The van der Waals surface area contributed by atoms with Crippen LogP contribution in [0, 0.1) is 6.92 Å². The van der Waals surface area contributed by atoms with Crippen LogP contribution in [0.2, 0.25) is 0 Å². The fraction of sp³-hybridized carbons (Fsp3) is 0.667. The van der Waals surface area contributed by atoms with Crippen molar-refractivity contribution in [2.75, 3.05) is 24.7 Å². The number of amides is 1. The maximum absolute atomic E-state index is 12.2. The molecule has 22 heavy (non-hydrogen) atoms. The smallest absolute Gasteiger partial charge is 0.350 e. The quantitative estimate of drug-likeness (QED) is 0.752. The van der Waals surface area contributed by atoms with Gasteiger partial charge in [0.1, 0.15) is 4.88 Å². The van der Waals surface area contributed by atoms with Gasteiger partial charge in [-0.15, -0.1) is 0 Å². The van der Waals surface area contributed by atoms with Crippen LogP contribution in [0.3, 0.4) is 0 Å². The summed E-state index contributed by atoms with van der Waals surface area (Å²) in [6.07, 6.45) is 2.40. The summed E-state index contributed by atoms with van der Waals surface area (Å²) >= 11 is 1.21. The second kappa shape index (κ2) is 7.69. The van der Waals surface area contributed by atoms with E-state index in [1.807, 2.05) is 6.92 Å². The van der Waals surface area contributed by atoms with Gasteiger partial charge in [-0.1, -0.05) is 18.3 Å². The van der Waals surface area contributed by atoms with Crippen LogP contribution in [-0.2, 0) is 14.3 Å². The van der Waals surface area contributed by atoms with Crippen LogP contribution in [0.4, 0.5) is 5.13 Å². The largest absolute Gasteiger partial charge is 0.462 e. The van der Waals surface area contributed by atoms with E-state index in [0.29, 0.717) is 35.3 Å². The fourth-order valence-corrected chi connectivity index (χ4v) is 3.34. The van der Waals surface area contributed by atoms with Crippen molar-refractivity contribution in [3.05, 3.63) is 10.6 Å². The highest BCUT2D eigenvalue weighted by Gasteiger charge is 2.27. The van der Waals surface area contributed by atoms with Gasteiger partial charge in [-0.25, -0.2) is 9.78 Å². The summed E-state index contributed by atoms with van der Waals surface area (Å²) in [4.78, 5) is 30.6. The number of carbonyl (C=O) groups excluding carboxylic acids is 2. The summed E-state index contributed by atoms with van der Waals surface area (Å²) in [5.74, 6) is -0.399. The molecule has 2 heterocycles. The molecule has 1 atom stereocenters. The zero-order valence-electron chi connectivity index (χ0n) is 13.3. The zero-order chi connectivity index (χ0) is 16.1. The van der Waals surface area contributed by atoms with Crippen molar-refractivity contribution in [2.24, 2.45) is 0 Å². The third-order valence-electron chi connectivity index (χ3n) is 3.49. The number of aryl methyl sites for hydroxylation is 1. The Morgan fingerprint density at radius 1 is 1.45 bits per heavy atom. The van der Waals surface area contributed by atoms with E-state index >= 15 is 0 Å². The Bertz CT molecular complexity index is 538. The maximum Gasteiger partial charge on any atom is 0.350 e. The molecule has 7 heteroatoms. The second-order valence-corrected chi connectivity index (χ2v) is 6.10. The first-order valence-corrected chi connectivity index (χ1v) is 8.45. The number of hydrogen-bond donors (Lipinski definition) is 0. The average molecular weight is 326 g/mol. The van der Waals surface area contributed by atoms with Gasteiger partial charge in [0.25, 0.3) is 0 Å². The summed E-state index contributed by atoms with van der Waals surface area (Å²) in [6.45, 7) is 6.88. The first-order chi connectivity index (χ1) is 10.6. The Kier molecular flexibility index (Phi) is 5.90. The van der Waals surface area contributed by atoms with Gasteiger partial charge in [0, 0.05) is 13.0 Å². The highest BCUT2D eigenvalue weighted by Crippen LogP contribution is 2.28. The van der Waals surface area contributed by atoms with Gasteiger partial charge in [0.2, 0.25) is 5.91 Å². The minimum absolute atomic E-state index is 0.0142. The van der Waals surface area contributed by atoms with Gasteiger partial charge in [0.15, 0.2) is 5.13 Å². The van der Waals surface area contributed by atoms with Crippen molar-refractivity contribution in [3.63, 3.8) is 0 Å². The van der Waals surface area contributed by atoms with Gasteiger partial charge in [-0.2, -0.15) is 0 Å². The molecule has 1 aromatic heterocycles. The van der Waals surface area contributed by atoms with Gasteiger partial charge < -0.3 is 9.47 Å². The Morgan fingerprint density at radius 2 is 2.23 bits per heavy atom. The number of nitrogens with zero attached hydrogens (tertiary/aromatic N) is 2. The Balaban J connectivity index is 2.21. The molecular weight excluding hydrogens is 304 g/mol. The molecule has 1 saturated heterocycles. The van der Waals surface area contributed by atoms with Crippen LogP contribution in [0.15, 0.2) is 0 Å². The standard InChI is InChI=1S/C15H22N2O4S/c1-4-12(18)17(9-11-7-6-8-21-11)15-16-10(3)13(22-15)14(19)20-5-2/h11H,4-9H2,1-3H3/t11-/m1/s1. The third kappa shape index (κ3) is 3.84. The molecule has 0 aliphatic carbocycles. The van der Waals surface area contributed by atoms with E-state index in [9.17, 15) is 9.59 Å². The average Bonchev–Trinajstić information content (AvgIpc) is 3.13. The highest BCUT2D eigenvalue weighted by molar-refractivity contribution is 7.17. The van der Waals surface area contributed by atoms with E-state index in [0.717, 1.165) is 19.4 Å². The normalized spacial score (nSPS) is 17.5. The molecule has 0 radical (unpaired) electrons. The molecular formula is C15H22N2O4S. The number of aromatic nitrogens is 1. The molecule has 0 unspecified atom stereocenters. The van der Waals surface area contributed by atoms with E-state index in [1.165, 1.54) is 11.3 Å². The number of anilines is 1. The molecule has 0 saturated carbocycles. The second-order valence-electron chi connectivity index (χ2n) is 5.12. The predicted molar refractivity (Wildman–Crippen MR) is 84.4 cm³/mol. The van der Waals surface area contributed by atoms with E-state index < -0.39 is 0 Å². The van der Waals surface area contributed by atoms with E-state index in [2.05, 4.69) is 4.98 Å². The van der Waals surface area contributed by atoms with Crippen molar-refractivity contribution < 1.29 is 19.1 Å². The summed E-state index contributed by atoms with van der Waals surface area (Å²) in [6, 6.07) is 0. The molecule has 1 aliphatic rings. The van der Waals surface area contributed by atoms with Crippen LogP contribution in [-0.4, -0.2) is 42.7 Å². The lowest BCUT2D eigenvalue weighted by Gasteiger charge is -2.22. The number of hydrogen-bond acceptors (Lipinski definition) is 6. The van der Waals surface area contributed by atoms with E-state index in [4.69, 9.17) is 9.47 Å². The van der Waals surface area contributed by atoms with Crippen LogP contribution in [0.5, 0.6) is 0 Å².